The second kappa shape index (κ2) is 7.97. The van der Waals surface area contributed by atoms with Crippen molar-refractivity contribution in [2.24, 2.45) is 31.7 Å². The molecule has 0 unspecified atom stereocenters. The van der Waals surface area contributed by atoms with Crippen LogP contribution in [0.1, 0.15) is 17.5 Å². The maximum atomic E-state index is 14.7. The lowest BCUT2D eigenvalue weighted by Gasteiger charge is -2.26. The number of aromatic nitrogens is 6. The lowest BCUT2D eigenvalue weighted by molar-refractivity contribution is 0.533. The summed E-state index contributed by atoms with van der Waals surface area (Å²) >= 11 is 0. The highest BCUT2D eigenvalue weighted by atomic mass is 19.1. The van der Waals surface area contributed by atoms with E-state index in [1.54, 1.807) is 35.5 Å². The van der Waals surface area contributed by atoms with Gasteiger partial charge < -0.3 is 10.6 Å². The zero-order valence-electron chi connectivity index (χ0n) is 21.6. The Balaban J connectivity index is 1.21. The van der Waals surface area contributed by atoms with Gasteiger partial charge in [-0.2, -0.15) is 5.10 Å². The van der Waals surface area contributed by atoms with Crippen LogP contribution in [0.5, 0.6) is 0 Å². The van der Waals surface area contributed by atoms with Crippen LogP contribution in [0.2, 0.25) is 0 Å². The van der Waals surface area contributed by atoms with Crippen LogP contribution in [-0.4, -0.2) is 48.9 Å². The average molecular weight is 513 g/mol. The summed E-state index contributed by atoms with van der Waals surface area (Å²) in [5.41, 5.74) is 12.2. The molecule has 3 N–H and O–H groups in total. The van der Waals surface area contributed by atoms with Crippen molar-refractivity contribution in [3.8, 4) is 11.3 Å². The number of rotatable bonds is 4. The number of hydrogen-bond donors (Lipinski definition) is 2. The van der Waals surface area contributed by atoms with E-state index in [1.165, 1.54) is 6.07 Å². The molecule has 3 atom stereocenters. The van der Waals surface area contributed by atoms with Crippen molar-refractivity contribution >= 4 is 28.0 Å². The zero-order valence-corrected chi connectivity index (χ0v) is 21.6. The van der Waals surface area contributed by atoms with Crippen molar-refractivity contribution < 1.29 is 4.39 Å². The molecule has 9 nitrogen and oxygen atoms in total. The molecule has 0 bridgehead atoms. The number of fused-ring (bicyclic) bond motifs is 3. The minimum Gasteiger partial charge on any atom is -0.355 e. The molecule has 1 aliphatic heterocycles. The van der Waals surface area contributed by atoms with E-state index in [4.69, 9.17) is 15.7 Å². The summed E-state index contributed by atoms with van der Waals surface area (Å²) in [6.45, 7) is 4.01. The summed E-state index contributed by atoms with van der Waals surface area (Å²) in [6, 6.07) is 11.0. The van der Waals surface area contributed by atoms with E-state index in [0.717, 1.165) is 53.1 Å². The highest BCUT2D eigenvalue weighted by Gasteiger charge is 2.66. The van der Waals surface area contributed by atoms with Crippen molar-refractivity contribution in [3.05, 3.63) is 70.0 Å². The Morgan fingerprint density at radius 2 is 1.97 bits per heavy atom. The quantitative estimate of drug-likeness (QED) is 0.383. The fraction of sp³-hybridized carbons (Fsp3) is 0.357. The molecule has 194 valence electrons. The van der Waals surface area contributed by atoms with Gasteiger partial charge in [-0.15, -0.1) is 0 Å². The van der Waals surface area contributed by atoms with Gasteiger partial charge in [0, 0.05) is 44.7 Å². The van der Waals surface area contributed by atoms with Crippen LogP contribution < -0.4 is 16.3 Å². The number of halogens is 1. The number of anilines is 1. The van der Waals surface area contributed by atoms with Crippen molar-refractivity contribution in [1.82, 2.24) is 29.3 Å². The second-order valence-corrected chi connectivity index (χ2v) is 10.7. The van der Waals surface area contributed by atoms with Crippen molar-refractivity contribution in [1.29, 1.82) is 0 Å². The van der Waals surface area contributed by atoms with Gasteiger partial charge in [-0.1, -0.05) is 24.3 Å². The minimum atomic E-state index is -0.313. The number of piperidine rings is 1. The number of nitrogens with two attached hydrogens (primary N) is 1. The van der Waals surface area contributed by atoms with E-state index in [-0.39, 0.29) is 22.8 Å². The van der Waals surface area contributed by atoms with Crippen LogP contribution in [0, 0.1) is 24.6 Å². The third-order valence-electron chi connectivity index (χ3n) is 9.06. The van der Waals surface area contributed by atoms with E-state index in [2.05, 4.69) is 15.1 Å². The van der Waals surface area contributed by atoms with E-state index < -0.39 is 0 Å². The lowest BCUT2D eigenvalue weighted by atomic mass is 9.91. The first-order valence-corrected chi connectivity index (χ1v) is 12.9. The maximum absolute atomic E-state index is 14.7. The van der Waals surface area contributed by atoms with E-state index in [1.807, 2.05) is 31.2 Å². The van der Waals surface area contributed by atoms with Gasteiger partial charge in [0.2, 0.25) is 0 Å². The minimum absolute atomic E-state index is 0.0651. The zero-order chi connectivity index (χ0) is 26.3. The van der Waals surface area contributed by atoms with Crippen LogP contribution >= 0.6 is 0 Å². The largest absolute Gasteiger partial charge is 0.355 e. The SMILES string of the molecule is Cc1c(-c2n[nH]c3nc(N4CC[C@@H]5[C@H](C4)[C@@]5(CN)c4ccccc4F)cnc23)ccc2c1n(C)c(=O)n2C. The lowest BCUT2D eigenvalue weighted by Crippen LogP contribution is -2.32. The van der Waals surface area contributed by atoms with E-state index >= 15 is 0 Å². The average Bonchev–Trinajstić information content (AvgIpc) is 3.29. The first kappa shape index (κ1) is 23.1. The number of aromatic amines is 1. The predicted molar refractivity (Wildman–Crippen MR) is 145 cm³/mol. The molecule has 38 heavy (non-hydrogen) atoms. The van der Waals surface area contributed by atoms with Crippen LogP contribution in [0.15, 0.2) is 47.4 Å². The summed E-state index contributed by atoms with van der Waals surface area (Å²) in [4.78, 5) is 24.3. The molecule has 2 aromatic carbocycles. The van der Waals surface area contributed by atoms with E-state index in [0.29, 0.717) is 29.3 Å². The Hall–Kier alpha value is -4.05. The number of hydrogen-bond acceptors (Lipinski definition) is 6. The summed E-state index contributed by atoms with van der Waals surface area (Å²) < 4.78 is 18.0. The normalized spacial score (nSPS) is 22.8. The van der Waals surface area contributed by atoms with Crippen molar-refractivity contribution in [3.63, 3.8) is 0 Å². The fourth-order valence-electron chi connectivity index (χ4n) is 7.03. The predicted octanol–water partition coefficient (Wildman–Crippen LogP) is 3.01. The topological polar surface area (TPSA) is 111 Å². The van der Waals surface area contributed by atoms with Gasteiger partial charge in [0.15, 0.2) is 5.65 Å². The summed E-state index contributed by atoms with van der Waals surface area (Å²) in [6.07, 6.45) is 2.72. The fourth-order valence-corrected chi connectivity index (χ4v) is 7.03. The van der Waals surface area contributed by atoms with Crippen LogP contribution in [0.4, 0.5) is 10.2 Å². The number of imidazole rings is 1. The molecule has 1 aliphatic carbocycles. The number of H-pyrrole nitrogens is 1. The molecule has 2 aliphatic rings. The molecule has 0 amide bonds. The third kappa shape index (κ3) is 2.94. The number of aryl methyl sites for hydroxylation is 3. The molecule has 3 aromatic heterocycles. The van der Waals surface area contributed by atoms with Crippen LogP contribution in [-0.2, 0) is 19.5 Å². The van der Waals surface area contributed by atoms with Gasteiger partial charge in [0.1, 0.15) is 22.8 Å². The maximum Gasteiger partial charge on any atom is 0.328 e. The van der Waals surface area contributed by atoms with Gasteiger partial charge in [-0.3, -0.25) is 14.2 Å². The highest BCUT2D eigenvalue weighted by Crippen LogP contribution is 2.63. The van der Waals surface area contributed by atoms with Gasteiger partial charge in [-0.25, -0.2) is 19.2 Å². The Bertz CT molecular complexity index is 1800. The number of nitrogens with one attached hydrogen (secondary N) is 1. The number of benzene rings is 2. The summed E-state index contributed by atoms with van der Waals surface area (Å²) in [5.74, 6) is 1.26. The van der Waals surface area contributed by atoms with Crippen LogP contribution in [0.3, 0.4) is 0 Å². The Morgan fingerprint density at radius 1 is 1.16 bits per heavy atom. The monoisotopic (exact) mass is 512 g/mol. The Kier molecular flexibility index (Phi) is 4.85. The molecular formula is C28H29FN8O. The molecule has 4 heterocycles. The smallest absolute Gasteiger partial charge is 0.328 e. The highest BCUT2D eigenvalue weighted by molar-refractivity contribution is 5.94. The third-order valence-corrected chi connectivity index (χ3v) is 9.06. The molecule has 5 aromatic rings. The van der Waals surface area contributed by atoms with Gasteiger partial charge in [0.05, 0.1) is 17.2 Å². The van der Waals surface area contributed by atoms with E-state index in [9.17, 15) is 9.18 Å². The second-order valence-electron chi connectivity index (χ2n) is 10.7. The molecule has 1 saturated heterocycles. The van der Waals surface area contributed by atoms with Gasteiger partial charge in [0.25, 0.3) is 0 Å². The Labute approximate surface area is 218 Å². The van der Waals surface area contributed by atoms with Gasteiger partial charge in [-0.05, 0) is 48.4 Å². The Morgan fingerprint density at radius 3 is 2.76 bits per heavy atom. The molecule has 10 heteroatoms. The molecular weight excluding hydrogens is 483 g/mol. The van der Waals surface area contributed by atoms with Crippen molar-refractivity contribution in [2.45, 2.75) is 18.8 Å². The molecule has 1 saturated carbocycles. The molecule has 0 spiro atoms. The summed E-state index contributed by atoms with van der Waals surface area (Å²) in [5, 5.41) is 7.63. The molecule has 7 rings (SSSR count). The van der Waals surface area contributed by atoms with Crippen LogP contribution in [0.25, 0.3) is 33.5 Å². The molecule has 0 radical (unpaired) electrons. The first-order valence-electron chi connectivity index (χ1n) is 12.9. The summed E-state index contributed by atoms with van der Waals surface area (Å²) in [7, 11) is 3.56. The van der Waals surface area contributed by atoms with Gasteiger partial charge >= 0.3 is 5.69 Å². The number of nitrogens with zero attached hydrogens (tertiary/aromatic N) is 6. The standard InChI is InChI=1S/C28H29FN8O/c1-15-16(8-9-21-25(15)36(3)27(38)35(21)2)23-24-26(34-33-23)32-22(12-31-24)37-11-10-17-19(13-37)28(17,14-30)18-6-4-5-7-20(18)29/h4-9,12,17,19H,10-11,13-14,30H2,1-3H3,(H,32,33,34)/t17-,19+,28-/m1/s1. The molecule has 2 fully saturated rings. The van der Waals surface area contributed by atoms with Crippen molar-refractivity contribution in [2.75, 3.05) is 24.5 Å². The first-order chi connectivity index (χ1) is 18.4.